The number of ether oxygens (including phenoxy) is 1. The van der Waals surface area contributed by atoms with Crippen molar-refractivity contribution in [1.29, 1.82) is 0 Å². The van der Waals surface area contributed by atoms with E-state index in [1.54, 1.807) is 12.2 Å². The molecule has 1 aromatic rings. The summed E-state index contributed by atoms with van der Waals surface area (Å²) in [5.74, 6) is 0.868. The third kappa shape index (κ3) is 8.48. The molecule has 3 heteroatoms. The summed E-state index contributed by atoms with van der Waals surface area (Å²) >= 11 is 0. The predicted molar refractivity (Wildman–Crippen MR) is 88.3 cm³/mol. The van der Waals surface area contributed by atoms with E-state index in [2.05, 4.69) is 12.2 Å². The third-order valence-corrected chi connectivity index (χ3v) is 2.39. The summed E-state index contributed by atoms with van der Waals surface area (Å²) in [6.45, 7) is 11.4. The summed E-state index contributed by atoms with van der Waals surface area (Å²) in [6.07, 6.45) is 3.47. The molecule has 0 amide bonds. The highest BCUT2D eigenvalue weighted by atomic mass is 16.5. The molecule has 1 aromatic carbocycles. The van der Waals surface area contributed by atoms with Crippen molar-refractivity contribution in [3.05, 3.63) is 35.9 Å². The molecule has 0 unspecified atom stereocenters. The fourth-order valence-corrected chi connectivity index (χ4v) is 1.53. The van der Waals surface area contributed by atoms with Gasteiger partial charge in [-0.05, 0) is 44.2 Å². The number of carbonyl (C=O) groups is 1. The van der Waals surface area contributed by atoms with Gasteiger partial charge >= 0.3 is 0 Å². The number of carbonyl (C=O) groups excluding carboxylic acids is 1. The topological polar surface area (TPSA) is 38.3 Å². The van der Waals surface area contributed by atoms with E-state index in [9.17, 15) is 4.79 Å². The van der Waals surface area contributed by atoms with Crippen LogP contribution in [0.25, 0.3) is 6.08 Å². The van der Waals surface area contributed by atoms with Crippen molar-refractivity contribution in [2.24, 2.45) is 0 Å². The van der Waals surface area contributed by atoms with Crippen molar-refractivity contribution >= 4 is 11.9 Å². The lowest BCUT2D eigenvalue weighted by Crippen LogP contribution is -2.28. The predicted octanol–water partition coefficient (Wildman–Crippen LogP) is 3.94. The third-order valence-electron chi connectivity index (χ3n) is 2.39. The standard InChI is InChI=1S/C15H21NO2.C2H6.H2/c1-4-16-11-13(3)18-15-7-5-6-14(10-15)9-8-12(2)17;1-2;/h5-10,13,16H,4,11H2,1-3H3;1-2H3;1H/b9-8+;;/t13-;;/m1../s1. The highest BCUT2D eigenvalue weighted by molar-refractivity contribution is 5.91. The largest absolute Gasteiger partial charge is 0.489 e. The maximum absolute atomic E-state index is 10.9. The number of likely N-dealkylation sites (N-methyl/N-ethyl adjacent to an activating group) is 1. The van der Waals surface area contributed by atoms with Gasteiger partial charge in [-0.1, -0.05) is 39.0 Å². The molecule has 0 bridgehead atoms. The van der Waals surface area contributed by atoms with E-state index in [1.165, 1.54) is 6.92 Å². The summed E-state index contributed by atoms with van der Waals surface area (Å²) < 4.78 is 5.78. The Balaban J connectivity index is 0. The summed E-state index contributed by atoms with van der Waals surface area (Å²) in [5, 5.41) is 3.24. The van der Waals surface area contributed by atoms with Gasteiger partial charge in [0.2, 0.25) is 0 Å². The monoisotopic (exact) mass is 279 g/mol. The number of benzene rings is 1. The van der Waals surface area contributed by atoms with Crippen LogP contribution in [0.15, 0.2) is 30.3 Å². The van der Waals surface area contributed by atoms with E-state index in [0.717, 1.165) is 24.4 Å². The molecule has 0 fully saturated rings. The van der Waals surface area contributed by atoms with Crippen molar-refractivity contribution in [1.82, 2.24) is 5.32 Å². The Bertz CT molecular complexity index is 419. The molecule has 3 nitrogen and oxygen atoms in total. The molecule has 0 saturated heterocycles. The summed E-state index contributed by atoms with van der Waals surface area (Å²) in [5.41, 5.74) is 0.971. The molecule has 0 aliphatic heterocycles. The van der Waals surface area contributed by atoms with Gasteiger partial charge in [-0.3, -0.25) is 4.79 Å². The molecule has 114 valence electrons. The average molecular weight is 279 g/mol. The molecule has 0 radical (unpaired) electrons. The SMILES string of the molecule is CC.CCNC[C@@H](C)Oc1cccc(/C=C/C(C)=O)c1.[HH]. The van der Waals surface area contributed by atoms with Crippen molar-refractivity contribution in [2.75, 3.05) is 13.1 Å². The second-order valence-corrected chi connectivity index (χ2v) is 4.25. The van der Waals surface area contributed by atoms with Crippen molar-refractivity contribution in [2.45, 2.75) is 40.7 Å². The van der Waals surface area contributed by atoms with Crippen LogP contribution < -0.4 is 10.1 Å². The number of nitrogens with one attached hydrogen (secondary N) is 1. The summed E-state index contributed by atoms with van der Waals surface area (Å²) in [6, 6.07) is 7.73. The molecule has 0 aliphatic carbocycles. The smallest absolute Gasteiger partial charge is 0.152 e. The van der Waals surface area contributed by atoms with Crippen LogP contribution in [0.4, 0.5) is 0 Å². The van der Waals surface area contributed by atoms with Gasteiger partial charge in [0.1, 0.15) is 11.9 Å². The van der Waals surface area contributed by atoms with Crippen molar-refractivity contribution < 1.29 is 11.0 Å². The van der Waals surface area contributed by atoms with Crippen LogP contribution in [-0.2, 0) is 4.79 Å². The summed E-state index contributed by atoms with van der Waals surface area (Å²) in [7, 11) is 0. The second kappa shape index (κ2) is 11.2. The Hall–Kier alpha value is -1.61. The minimum atomic E-state index is 0. The first-order chi connectivity index (χ1) is 9.61. The normalized spacial score (nSPS) is 11.7. The van der Waals surface area contributed by atoms with E-state index in [0.29, 0.717) is 0 Å². The van der Waals surface area contributed by atoms with Crippen LogP contribution in [0.3, 0.4) is 0 Å². The molecular weight excluding hydrogens is 250 g/mol. The molecule has 0 saturated carbocycles. The van der Waals surface area contributed by atoms with Crippen LogP contribution in [0.5, 0.6) is 5.75 Å². The lowest BCUT2D eigenvalue weighted by molar-refractivity contribution is -0.112. The van der Waals surface area contributed by atoms with Gasteiger partial charge in [-0.2, -0.15) is 0 Å². The highest BCUT2D eigenvalue weighted by Crippen LogP contribution is 2.15. The first-order valence-corrected chi connectivity index (χ1v) is 7.28. The number of rotatable bonds is 7. The van der Waals surface area contributed by atoms with Gasteiger partial charge in [-0.25, -0.2) is 0 Å². The van der Waals surface area contributed by atoms with Crippen molar-refractivity contribution in [3.8, 4) is 5.75 Å². The first kappa shape index (κ1) is 18.4. The lowest BCUT2D eigenvalue weighted by Gasteiger charge is -2.15. The van der Waals surface area contributed by atoms with E-state index in [1.807, 2.05) is 45.0 Å². The van der Waals surface area contributed by atoms with E-state index >= 15 is 0 Å². The minimum Gasteiger partial charge on any atom is -0.489 e. The maximum atomic E-state index is 10.9. The zero-order valence-corrected chi connectivity index (χ0v) is 13.3. The molecule has 0 spiro atoms. The molecule has 1 atom stereocenters. The van der Waals surface area contributed by atoms with Crippen LogP contribution in [-0.4, -0.2) is 25.0 Å². The van der Waals surface area contributed by atoms with Gasteiger partial charge < -0.3 is 10.1 Å². The number of ketones is 1. The second-order valence-electron chi connectivity index (χ2n) is 4.25. The highest BCUT2D eigenvalue weighted by Gasteiger charge is 2.03. The molecule has 1 N–H and O–H groups in total. The fourth-order valence-electron chi connectivity index (χ4n) is 1.53. The fraction of sp³-hybridized carbons (Fsp3) is 0.471. The number of allylic oxidation sites excluding steroid dienone is 1. The van der Waals surface area contributed by atoms with Gasteiger partial charge in [0.25, 0.3) is 0 Å². The molecule has 0 aliphatic rings. The quantitative estimate of drug-likeness (QED) is 0.768. The Morgan fingerprint density at radius 3 is 2.75 bits per heavy atom. The van der Waals surface area contributed by atoms with Crippen LogP contribution in [0.1, 0.15) is 41.6 Å². The molecular formula is C17H29NO2. The Morgan fingerprint density at radius 1 is 1.45 bits per heavy atom. The first-order valence-electron chi connectivity index (χ1n) is 7.28. The number of hydrogen-bond acceptors (Lipinski definition) is 3. The van der Waals surface area contributed by atoms with Gasteiger partial charge in [0.05, 0.1) is 0 Å². The summed E-state index contributed by atoms with van der Waals surface area (Å²) in [4.78, 5) is 10.9. The van der Waals surface area contributed by atoms with E-state index < -0.39 is 0 Å². The average Bonchev–Trinajstić information content (AvgIpc) is 2.45. The number of hydrogen-bond donors (Lipinski definition) is 1. The Labute approximate surface area is 124 Å². The van der Waals surface area contributed by atoms with Crippen LogP contribution in [0, 0.1) is 0 Å². The zero-order chi connectivity index (χ0) is 15.4. The zero-order valence-electron chi connectivity index (χ0n) is 13.3. The minimum absolute atomic E-state index is 0. The van der Waals surface area contributed by atoms with Gasteiger partial charge in [0.15, 0.2) is 5.78 Å². The Morgan fingerprint density at radius 2 is 2.15 bits per heavy atom. The molecule has 1 rings (SSSR count). The van der Waals surface area contributed by atoms with E-state index in [-0.39, 0.29) is 13.3 Å². The molecule has 0 heterocycles. The van der Waals surface area contributed by atoms with Crippen LogP contribution in [0.2, 0.25) is 0 Å². The Kier molecular flexibility index (Phi) is 10.3. The van der Waals surface area contributed by atoms with E-state index in [4.69, 9.17) is 4.74 Å². The van der Waals surface area contributed by atoms with Gasteiger partial charge in [-0.15, -0.1) is 0 Å². The molecule has 20 heavy (non-hydrogen) atoms. The van der Waals surface area contributed by atoms with Gasteiger partial charge in [0, 0.05) is 7.97 Å². The van der Waals surface area contributed by atoms with Crippen LogP contribution >= 0.6 is 0 Å². The van der Waals surface area contributed by atoms with Crippen molar-refractivity contribution in [3.63, 3.8) is 0 Å². The molecule has 0 aromatic heterocycles. The maximum Gasteiger partial charge on any atom is 0.152 e. The lowest BCUT2D eigenvalue weighted by atomic mass is 10.2.